The average molecular weight is 266 g/mol. The largest absolute Gasteiger partial charge is 0.356 e. The Morgan fingerprint density at radius 3 is 2.83 bits per heavy atom. The van der Waals surface area contributed by atoms with Crippen LogP contribution in [-0.2, 0) is 11.2 Å². The molecule has 1 aromatic heterocycles. The van der Waals surface area contributed by atoms with Gasteiger partial charge < -0.3 is 10.2 Å². The van der Waals surface area contributed by atoms with Crippen LogP contribution in [0.5, 0.6) is 0 Å². The minimum atomic E-state index is 0.190. The van der Waals surface area contributed by atoms with Gasteiger partial charge in [-0.15, -0.1) is 11.3 Å². The van der Waals surface area contributed by atoms with Crippen molar-refractivity contribution < 1.29 is 4.79 Å². The van der Waals surface area contributed by atoms with E-state index >= 15 is 0 Å². The molecule has 3 nitrogen and oxygen atoms in total. The van der Waals surface area contributed by atoms with Gasteiger partial charge in [-0.3, -0.25) is 4.79 Å². The van der Waals surface area contributed by atoms with E-state index < -0.39 is 0 Å². The van der Waals surface area contributed by atoms with Crippen molar-refractivity contribution in [2.75, 3.05) is 26.2 Å². The molecular weight excluding hydrogens is 244 g/mol. The van der Waals surface area contributed by atoms with Gasteiger partial charge in [-0.05, 0) is 51.4 Å². The highest BCUT2D eigenvalue weighted by molar-refractivity contribution is 7.11. The maximum atomic E-state index is 11.7. The molecule has 0 radical (unpaired) electrons. The Bertz CT molecular complexity index is 383. The molecule has 0 saturated carbocycles. The molecule has 18 heavy (non-hydrogen) atoms. The van der Waals surface area contributed by atoms with Crippen LogP contribution in [0.4, 0.5) is 0 Å². The molecule has 4 heteroatoms. The van der Waals surface area contributed by atoms with Crippen LogP contribution in [0.3, 0.4) is 0 Å². The molecule has 0 aromatic carbocycles. The van der Waals surface area contributed by atoms with Crippen molar-refractivity contribution in [2.45, 2.75) is 32.6 Å². The summed E-state index contributed by atoms with van der Waals surface area (Å²) in [5.74, 6) is 0.190. The topological polar surface area (TPSA) is 32.3 Å². The molecule has 1 aliphatic rings. The third kappa shape index (κ3) is 4.42. The first-order valence-corrected chi connectivity index (χ1v) is 7.60. The van der Waals surface area contributed by atoms with E-state index in [1.807, 2.05) is 11.3 Å². The van der Waals surface area contributed by atoms with Gasteiger partial charge in [0.1, 0.15) is 0 Å². The maximum Gasteiger partial charge on any atom is 0.221 e. The van der Waals surface area contributed by atoms with Gasteiger partial charge >= 0.3 is 0 Å². The van der Waals surface area contributed by atoms with Crippen molar-refractivity contribution in [2.24, 2.45) is 0 Å². The Morgan fingerprint density at radius 2 is 2.17 bits per heavy atom. The molecule has 1 N–H and O–H groups in total. The third-order valence-corrected chi connectivity index (χ3v) is 4.40. The standard InChI is InChI=1S/C14H22N2OS/c1-12-4-5-13(18-12)6-8-15-14(17)7-11-16-9-2-3-10-16/h4-5H,2-3,6-11H2,1H3,(H,15,17). The van der Waals surface area contributed by atoms with Crippen molar-refractivity contribution in [3.05, 3.63) is 21.9 Å². The molecule has 1 aliphatic heterocycles. The molecule has 100 valence electrons. The lowest BCUT2D eigenvalue weighted by Gasteiger charge is -2.13. The number of carbonyl (C=O) groups excluding carboxylic acids is 1. The van der Waals surface area contributed by atoms with Gasteiger partial charge in [0, 0.05) is 29.3 Å². The fourth-order valence-electron chi connectivity index (χ4n) is 2.30. The maximum absolute atomic E-state index is 11.7. The monoisotopic (exact) mass is 266 g/mol. The van der Waals surface area contributed by atoms with Gasteiger partial charge in [-0.1, -0.05) is 0 Å². The van der Waals surface area contributed by atoms with E-state index in [0.29, 0.717) is 6.42 Å². The van der Waals surface area contributed by atoms with E-state index in [2.05, 4.69) is 29.3 Å². The number of hydrogen-bond acceptors (Lipinski definition) is 3. The molecule has 0 aliphatic carbocycles. The van der Waals surface area contributed by atoms with Crippen molar-refractivity contribution >= 4 is 17.2 Å². The van der Waals surface area contributed by atoms with E-state index in [0.717, 1.165) is 19.5 Å². The number of thiophene rings is 1. The van der Waals surface area contributed by atoms with E-state index in [1.165, 1.54) is 35.7 Å². The van der Waals surface area contributed by atoms with Crippen molar-refractivity contribution in [3.63, 3.8) is 0 Å². The number of likely N-dealkylation sites (tertiary alicyclic amines) is 1. The summed E-state index contributed by atoms with van der Waals surface area (Å²) in [6.07, 6.45) is 4.18. The molecule has 1 saturated heterocycles. The molecule has 0 spiro atoms. The molecule has 1 amide bonds. The molecule has 2 heterocycles. The summed E-state index contributed by atoms with van der Waals surface area (Å²) in [5.41, 5.74) is 0. The van der Waals surface area contributed by atoms with Gasteiger partial charge in [0.05, 0.1) is 0 Å². The first kappa shape index (κ1) is 13.6. The van der Waals surface area contributed by atoms with Crippen molar-refractivity contribution in [3.8, 4) is 0 Å². The minimum Gasteiger partial charge on any atom is -0.356 e. The van der Waals surface area contributed by atoms with Crippen LogP contribution in [0.1, 0.15) is 29.0 Å². The fourth-order valence-corrected chi connectivity index (χ4v) is 3.19. The smallest absolute Gasteiger partial charge is 0.221 e. The van der Waals surface area contributed by atoms with Crippen LogP contribution in [0.15, 0.2) is 12.1 Å². The summed E-state index contributed by atoms with van der Waals surface area (Å²) < 4.78 is 0. The Kier molecular flexibility index (Phi) is 5.20. The third-order valence-electron chi connectivity index (χ3n) is 3.34. The Morgan fingerprint density at radius 1 is 1.39 bits per heavy atom. The number of nitrogens with one attached hydrogen (secondary N) is 1. The highest BCUT2D eigenvalue weighted by atomic mass is 32.1. The summed E-state index contributed by atoms with van der Waals surface area (Å²) in [4.78, 5) is 16.7. The number of nitrogens with zero attached hydrogens (tertiary/aromatic N) is 1. The van der Waals surface area contributed by atoms with Crippen LogP contribution in [0, 0.1) is 6.92 Å². The van der Waals surface area contributed by atoms with E-state index in [1.54, 1.807) is 0 Å². The average Bonchev–Trinajstić information content (AvgIpc) is 2.98. The first-order valence-electron chi connectivity index (χ1n) is 6.78. The normalized spacial score (nSPS) is 16.1. The van der Waals surface area contributed by atoms with Crippen LogP contribution < -0.4 is 5.32 Å². The lowest BCUT2D eigenvalue weighted by Crippen LogP contribution is -2.30. The summed E-state index contributed by atoms with van der Waals surface area (Å²) in [6.45, 7) is 6.13. The number of amides is 1. The van der Waals surface area contributed by atoms with E-state index in [4.69, 9.17) is 0 Å². The van der Waals surface area contributed by atoms with Crippen molar-refractivity contribution in [1.29, 1.82) is 0 Å². The second-order valence-corrected chi connectivity index (χ2v) is 6.28. The van der Waals surface area contributed by atoms with Crippen LogP contribution in [0.25, 0.3) is 0 Å². The Balaban J connectivity index is 1.57. The molecule has 0 unspecified atom stereocenters. The SMILES string of the molecule is Cc1ccc(CCNC(=O)CCN2CCCC2)s1. The summed E-state index contributed by atoms with van der Waals surface area (Å²) in [7, 11) is 0. The van der Waals surface area contributed by atoms with Crippen LogP contribution in [0.2, 0.25) is 0 Å². The summed E-state index contributed by atoms with van der Waals surface area (Å²) in [6, 6.07) is 4.28. The zero-order chi connectivity index (χ0) is 12.8. The lowest BCUT2D eigenvalue weighted by atomic mass is 10.3. The van der Waals surface area contributed by atoms with Gasteiger partial charge in [-0.2, -0.15) is 0 Å². The predicted octanol–water partition coefficient (Wildman–Crippen LogP) is 2.20. The molecule has 1 fully saturated rings. The molecular formula is C14H22N2OS. The van der Waals surface area contributed by atoms with E-state index in [9.17, 15) is 4.79 Å². The number of hydrogen-bond donors (Lipinski definition) is 1. The zero-order valence-corrected chi connectivity index (χ0v) is 11.9. The molecule has 2 rings (SSSR count). The number of carbonyl (C=O) groups is 1. The quantitative estimate of drug-likeness (QED) is 0.856. The molecule has 0 bridgehead atoms. The molecule has 0 atom stereocenters. The highest BCUT2D eigenvalue weighted by Crippen LogP contribution is 2.14. The lowest BCUT2D eigenvalue weighted by molar-refractivity contribution is -0.121. The number of rotatable bonds is 6. The Labute approximate surface area is 113 Å². The fraction of sp³-hybridized carbons (Fsp3) is 0.643. The van der Waals surface area contributed by atoms with Crippen LogP contribution in [-0.4, -0.2) is 37.0 Å². The van der Waals surface area contributed by atoms with Gasteiger partial charge in [0.2, 0.25) is 5.91 Å². The second-order valence-electron chi connectivity index (χ2n) is 4.91. The predicted molar refractivity (Wildman–Crippen MR) is 76.1 cm³/mol. The minimum absolute atomic E-state index is 0.190. The van der Waals surface area contributed by atoms with Gasteiger partial charge in [-0.25, -0.2) is 0 Å². The first-order chi connectivity index (χ1) is 8.74. The Hall–Kier alpha value is -0.870. The van der Waals surface area contributed by atoms with Crippen LogP contribution >= 0.6 is 11.3 Å². The summed E-state index contributed by atoms with van der Waals surface area (Å²) >= 11 is 1.81. The van der Waals surface area contributed by atoms with E-state index in [-0.39, 0.29) is 5.91 Å². The molecule has 1 aromatic rings. The van der Waals surface area contributed by atoms with Crippen molar-refractivity contribution in [1.82, 2.24) is 10.2 Å². The second kappa shape index (κ2) is 6.90. The number of aryl methyl sites for hydroxylation is 1. The zero-order valence-electron chi connectivity index (χ0n) is 11.1. The highest BCUT2D eigenvalue weighted by Gasteiger charge is 2.12. The van der Waals surface area contributed by atoms with Gasteiger partial charge in [0.15, 0.2) is 0 Å². The van der Waals surface area contributed by atoms with Gasteiger partial charge in [0.25, 0.3) is 0 Å². The summed E-state index contributed by atoms with van der Waals surface area (Å²) in [5, 5.41) is 3.01.